The summed E-state index contributed by atoms with van der Waals surface area (Å²) in [5, 5.41) is 8.80. The number of para-hydroxylation sites is 1. The molecule has 0 unspecified atom stereocenters. The lowest BCUT2D eigenvalue weighted by molar-refractivity contribution is -0.140. The Balaban J connectivity index is 1.98. The third-order valence-corrected chi connectivity index (χ3v) is 2.86. The van der Waals surface area contributed by atoms with Gasteiger partial charge in [-0.2, -0.15) is 5.10 Å². The van der Waals surface area contributed by atoms with Crippen LogP contribution in [-0.2, 0) is 23.1 Å². The summed E-state index contributed by atoms with van der Waals surface area (Å²) in [7, 11) is 3.33. The molecule has 0 fully saturated rings. The zero-order chi connectivity index (χ0) is 13.0. The van der Waals surface area contributed by atoms with E-state index in [0.717, 1.165) is 16.6 Å². The lowest BCUT2D eigenvalue weighted by atomic mass is 10.2. The first-order valence-electron chi connectivity index (χ1n) is 5.90. The molecule has 5 nitrogen and oxygen atoms in total. The van der Waals surface area contributed by atoms with Crippen LogP contribution in [0.3, 0.4) is 0 Å². The highest BCUT2D eigenvalue weighted by molar-refractivity contribution is 5.81. The molecule has 0 aliphatic carbocycles. The first kappa shape index (κ1) is 12.6. The van der Waals surface area contributed by atoms with Gasteiger partial charge in [0.25, 0.3) is 0 Å². The molecule has 96 valence electrons. The number of nitrogens with one attached hydrogen (secondary N) is 1. The average molecular weight is 247 g/mol. The summed E-state index contributed by atoms with van der Waals surface area (Å²) >= 11 is 0. The number of carbonyl (C=O) groups excluding carboxylic acids is 1. The molecular formula is C13H17N3O2. The van der Waals surface area contributed by atoms with Crippen molar-refractivity contribution in [2.24, 2.45) is 7.05 Å². The van der Waals surface area contributed by atoms with Gasteiger partial charge in [0.2, 0.25) is 0 Å². The maximum Gasteiger partial charge on any atom is 0.306 e. The van der Waals surface area contributed by atoms with Crippen LogP contribution in [0.15, 0.2) is 24.3 Å². The van der Waals surface area contributed by atoms with Gasteiger partial charge in [-0.1, -0.05) is 18.2 Å². The summed E-state index contributed by atoms with van der Waals surface area (Å²) in [5.74, 6) is -0.201. The van der Waals surface area contributed by atoms with E-state index in [-0.39, 0.29) is 5.97 Å². The van der Waals surface area contributed by atoms with Gasteiger partial charge in [-0.25, -0.2) is 0 Å². The average Bonchev–Trinajstić information content (AvgIpc) is 2.72. The summed E-state index contributed by atoms with van der Waals surface area (Å²) in [6.45, 7) is 1.25. The SMILES string of the molecule is COC(=O)CCNCc1nn(C)c2ccccc12. The van der Waals surface area contributed by atoms with Gasteiger partial charge in [-0.05, 0) is 6.07 Å². The molecule has 0 radical (unpaired) electrons. The van der Waals surface area contributed by atoms with Crippen molar-refractivity contribution in [2.75, 3.05) is 13.7 Å². The molecule has 0 saturated carbocycles. The van der Waals surface area contributed by atoms with Gasteiger partial charge in [-0.3, -0.25) is 9.48 Å². The van der Waals surface area contributed by atoms with Crippen LogP contribution < -0.4 is 5.32 Å². The van der Waals surface area contributed by atoms with Crippen molar-refractivity contribution >= 4 is 16.9 Å². The summed E-state index contributed by atoms with van der Waals surface area (Å²) in [5.41, 5.74) is 2.11. The maximum atomic E-state index is 11.0. The summed E-state index contributed by atoms with van der Waals surface area (Å²) in [6, 6.07) is 8.10. The predicted octanol–water partition coefficient (Wildman–Crippen LogP) is 1.23. The molecular weight excluding hydrogens is 230 g/mol. The minimum atomic E-state index is -0.201. The van der Waals surface area contributed by atoms with E-state index in [1.165, 1.54) is 7.11 Å². The monoisotopic (exact) mass is 247 g/mol. The van der Waals surface area contributed by atoms with Crippen molar-refractivity contribution in [1.82, 2.24) is 15.1 Å². The Morgan fingerprint density at radius 1 is 1.44 bits per heavy atom. The van der Waals surface area contributed by atoms with Gasteiger partial charge >= 0.3 is 5.97 Å². The summed E-state index contributed by atoms with van der Waals surface area (Å²) in [6.07, 6.45) is 0.376. The number of esters is 1. The Labute approximate surface area is 106 Å². The highest BCUT2D eigenvalue weighted by Crippen LogP contribution is 2.16. The number of fused-ring (bicyclic) bond motifs is 1. The van der Waals surface area contributed by atoms with Crippen LogP contribution in [0.25, 0.3) is 10.9 Å². The highest BCUT2D eigenvalue weighted by Gasteiger charge is 2.07. The predicted molar refractivity (Wildman–Crippen MR) is 69.1 cm³/mol. The molecule has 1 aromatic heterocycles. The van der Waals surface area contributed by atoms with Crippen LogP contribution in [0.1, 0.15) is 12.1 Å². The van der Waals surface area contributed by atoms with E-state index < -0.39 is 0 Å². The normalized spacial score (nSPS) is 10.8. The quantitative estimate of drug-likeness (QED) is 0.637. The van der Waals surface area contributed by atoms with Gasteiger partial charge in [0, 0.05) is 25.5 Å². The van der Waals surface area contributed by atoms with Crippen LogP contribution in [0.2, 0.25) is 0 Å². The van der Waals surface area contributed by atoms with Gasteiger partial charge in [0.1, 0.15) is 0 Å². The molecule has 0 spiro atoms. The van der Waals surface area contributed by atoms with Crippen molar-refractivity contribution in [3.8, 4) is 0 Å². The van der Waals surface area contributed by atoms with E-state index in [4.69, 9.17) is 0 Å². The van der Waals surface area contributed by atoms with Crippen LogP contribution in [0.4, 0.5) is 0 Å². The molecule has 18 heavy (non-hydrogen) atoms. The zero-order valence-electron chi connectivity index (χ0n) is 10.6. The lowest BCUT2D eigenvalue weighted by Gasteiger charge is -2.01. The highest BCUT2D eigenvalue weighted by atomic mass is 16.5. The molecule has 5 heteroatoms. The zero-order valence-corrected chi connectivity index (χ0v) is 10.6. The molecule has 0 bridgehead atoms. The molecule has 2 aromatic rings. The van der Waals surface area contributed by atoms with Gasteiger partial charge < -0.3 is 10.1 Å². The lowest BCUT2D eigenvalue weighted by Crippen LogP contribution is -2.18. The second-order valence-electron chi connectivity index (χ2n) is 4.09. The first-order chi connectivity index (χ1) is 8.72. The first-order valence-corrected chi connectivity index (χ1v) is 5.90. The smallest absolute Gasteiger partial charge is 0.306 e. The van der Waals surface area contributed by atoms with Gasteiger partial charge in [0.05, 0.1) is 24.7 Å². The minimum Gasteiger partial charge on any atom is -0.469 e. The standard InChI is InChI=1S/C13H17N3O2/c1-16-12-6-4-3-5-10(12)11(15-16)9-14-8-7-13(17)18-2/h3-6,14H,7-9H2,1-2H3. The van der Waals surface area contributed by atoms with Crippen molar-refractivity contribution in [3.63, 3.8) is 0 Å². The Morgan fingerprint density at radius 2 is 2.22 bits per heavy atom. The Kier molecular flexibility index (Phi) is 3.94. The number of nitrogens with zero attached hydrogens (tertiary/aromatic N) is 2. The number of methoxy groups -OCH3 is 1. The molecule has 1 aromatic carbocycles. The van der Waals surface area contributed by atoms with Crippen molar-refractivity contribution in [2.45, 2.75) is 13.0 Å². The van der Waals surface area contributed by atoms with E-state index >= 15 is 0 Å². The fourth-order valence-corrected chi connectivity index (χ4v) is 1.92. The number of ether oxygens (including phenoxy) is 1. The number of carbonyl (C=O) groups is 1. The number of rotatable bonds is 5. The van der Waals surface area contributed by atoms with Gasteiger partial charge in [-0.15, -0.1) is 0 Å². The number of aryl methyl sites for hydroxylation is 1. The van der Waals surface area contributed by atoms with Crippen molar-refractivity contribution in [3.05, 3.63) is 30.0 Å². The molecule has 0 amide bonds. The topological polar surface area (TPSA) is 56.1 Å². The Morgan fingerprint density at radius 3 is 3.00 bits per heavy atom. The third-order valence-electron chi connectivity index (χ3n) is 2.86. The van der Waals surface area contributed by atoms with Crippen molar-refractivity contribution in [1.29, 1.82) is 0 Å². The Hall–Kier alpha value is -1.88. The molecule has 1 N–H and O–H groups in total. The molecule has 1 heterocycles. The number of hydrogen-bond donors (Lipinski definition) is 1. The molecule has 0 aliphatic rings. The minimum absolute atomic E-state index is 0.201. The third kappa shape index (κ3) is 2.68. The summed E-state index contributed by atoms with van der Waals surface area (Å²) in [4.78, 5) is 11.0. The van der Waals surface area contributed by atoms with Crippen LogP contribution >= 0.6 is 0 Å². The van der Waals surface area contributed by atoms with Crippen LogP contribution in [0, 0.1) is 0 Å². The van der Waals surface area contributed by atoms with E-state index in [1.54, 1.807) is 0 Å². The van der Waals surface area contributed by atoms with E-state index in [1.807, 2.05) is 29.9 Å². The van der Waals surface area contributed by atoms with E-state index in [9.17, 15) is 4.79 Å². The summed E-state index contributed by atoms with van der Waals surface area (Å²) < 4.78 is 6.45. The fraction of sp³-hybridized carbons (Fsp3) is 0.385. The number of aromatic nitrogens is 2. The van der Waals surface area contributed by atoms with Gasteiger partial charge in [0.15, 0.2) is 0 Å². The molecule has 0 aliphatic heterocycles. The van der Waals surface area contributed by atoms with Crippen LogP contribution in [0.5, 0.6) is 0 Å². The van der Waals surface area contributed by atoms with E-state index in [2.05, 4.69) is 21.2 Å². The second kappa shape index (κ2) is 5.64. The molecule has 2 rings (SSSR count). The largest absolute Gasteiger partial charge is 0.469 e. The fourth-order valence-electron chi connectivity index (χ4n) is 1.92. The maximum absolute atomic E-state index is 11.0. The Bertz CT molecular complexity index is 548. The number of benzene rings is 1. The molecule has 0 saturated heterocycles. The van der Waals surface area contributed by atoms with E-state index in [0.29, 0.717) is 19.5 Å². The number of hydrogen-bond acceptors (Lipinski definition) is 4. The van der Waals surface area contributed by atoms with Crippen molar-refractivity contribution < 1.29 is 9.53 Å². The van der Waals surface area contributed by atoms with Crippen LogP contribution in [-0.4, -0.2) is 29.4 Å². The second-order valence-corrected chi connectivity index (χ2v) is 4.09. The molecule has 0 atom stereocenters.